The lowest BCUT2D eigenvalue weighted by molar-refractivity contribution is -0.255. The number of aliphatic hydroxyl groups excluding tert-OH is 2. The van der Waals surface area contributed by atoms with Crippen molar-refractivity contribution in [3.63, 3.8) is 0 Å². The first-order chi connectivity index (χ1) is 24.4. The van der Waals surface area contributed by atoms with Gasteiger partial charge in [0, 0.05) is 44.6 Å². The van der Waals surface area contributed by atoms with E-state index >= 15 is 0 Å². The summed E-state index contributed by atoms with van der Waals surface area (Å²) in [6.07, 6.45) is 17.6. The first kappa shape index (κ1) is 38.1. The van der Waals surface area contributed by atoms with Gasteiger partial charge in [-0.05, 0) is 80.6 Å². The summed E-state index contributed by atoms with van der Waals surface area (Å²) in [5.41, 5.74) is 2.92. The molecule has 0 unspecified atom stereocenters. The van der Waals surface area contributed by atoms with Crippen molar-refractivity contribution in [2.75, 3.05) is 40.1 Å². The van der Waals surface area contributed by atoms with E-state index in [-0.39, 0.29) is 49.4 Å². The quantitative estimate of drug-likeness (QED) is 0.0837. The maximum Gasteiger partial charge on any atom is 0.239 e. The molecular formula is C41H60N2O7. The Morgan fingerprint density at radius 2 is 1.80 bits per heavy atom. The molecule has 50 heavy (non-hydrogen) atoms. The average Bonchev–Trinajstić information content (AvgIpc) is 3.66. The maximum absolute atomic E-state index is 14.1. The zero-order chi connectivity index (χ0) is 35.5. The number of carbonyl (C=O) groups excluding carboxylic acids is 1. The molecule has 2 fully saturated rings. The van der Waals surface area contributed by atoms with Gasteiger partial charge in [-0.15, -0.1) is 6.58 Å². The van der Waals surface area contributed by atoms with Gasteiger partial charge in [-0.25, -0.2) is 0 Å². The predicted octanol–water partition coefficient (Wildman–Crippen LogP) is 7.33. The van der Waals surface area contributed by atoms with Crippen molar-refractivity contribution >= 4 is 11.6 Å². The lowest BCUT2D eigenvalue weighted by atomic mass is 9.55. The molecule has 0 bridgehead atoms. The number of allylic oxidation sites excluding steroid dienone is 1. The standard InChI is InChI=1S/C41H60N2O7/c1-5-24-47-31-19-20-36-34(27-31)39-32(17-11-13-23-45)30(16-10-12-22-44)26-33-35(42-49-7-3)28-37(41(50-36,40(33)39)48-25-6-2)43(4)38(46)21-18-29-14-8-9-15-29/h5-6,19-20,26-27,29-30,32,37,39-40,44-45H,1-2,7-18,21-25,28H2,3-4H3/t30-,32+,37-,39+,40+,41+/m0/s1. The molecule has 0 saturated heterocycles. The number of oxime groups is 1. The van der Waals surface area contributed by atoms with Crippen molar-refractivity contribution in [2.24, 2.45) is 28.8 Å². The van der Waals surface area contributed by atoms with E-state index in [4.69, 9.17) is 24.2 Å². The topological polar surface area (TPSA) is 110 Å². The van der Waals surface area contributed by atoms with Crippen LogP contribution in [0.3, 0.4) is 0 Å². The molecule has 9 nitrogen and oxygen atoms in total. The highest BCUT2D eigenvalue weighted by Crippen LogP contribution is 2.61. The van der Waals surface area contributed by atoms with E-state index in [1.165, 1.54) is 25.7 Å². The largest absolute Gasteiger partial charge is 0.490 e. The summed E-state index contributed by atoms with van der Waals surface area (Å²) in [6.45, 7) is 11.1. The number of unbranched alkanes of at least 4 members (excludes halogenated alkanes) is 2. The molecule has 1 amide bonds. The van der Waals surface area contributed by atoms with Crippen LogP contribution in [0.4, 0.5) is 0 Å². The average molecular weight is 693 g/mol. The predicted molar refractivity (Wildman–Crippen MR) is 196 cm³/mol. The second-order valence-corrected chi connectivity index (χ2v) is 14.5. The molecular weight excluding hydrogens is 632 g/mol. The Bertz CT molecular complexity index is 1350. The molecule has 276 valence electrons. The Balaban J connectivity index is 1.68. The van der Waals surface area contributed by atoms with Crippen LogP contribution >= 0.6 is 0 Å². The van der Waals surface area contributed by atoms with Gasteiger partial charge in [0.2, 0.25) is 11.7 Å². The minimum Gasteiger partial charge on any atom is -0.490 e. The number of rotatable bonds is 20. The fraction of sp³-hybridized carbons (Fsp3) is 0.659. The van der Waals surface area contributed by atoms with Crippen molar-refractivity contribution in [2.45, 2.75) is 108 Å². The van der Waals surface area contributed by atoms with Crippen molar-refractivity contribution < 1.29 is 34.1 Å². The molecule has 1 aliphatic heterocycles. The van der Waals surface area contributed by atoms with E-state index in [1.807, 2.05) is 31.0 Å². The second kappa shape index (κ2) is 18.4. The highest BCUT2D eigenvalue weighted by Gasteiger charge is 2.65. The summed E-state index contributed by atoms with van der Waals surface area (Å²) in [4.78, 5) is 21.8. The second-order valence-electron chi connectivity index (χ2n) is 14.5. The first-order valence-corrected chi connectivity index (χ1v) is 19.1. The molecule has 6 atom stereocenters. The van der Waals surface area contributed by atoms with Gasteiger partial charge in [0.25, 0.3) is 0 Å². The van der Waals surface area contributed by atoms with Crippen molar-refractivity contribution in [3.05, 3.63) is 60.7 Å². The van der Waals surface area contributed by atoms with Gasteiger partial charge in [0.15, 0.2) is 0 Å². The molecule has 5 rings (SSSR count). The molecule has 1 heterocycles. The summed E-state index contributed by atoms with van der Waals surface area (Å²) in [6, 6.07) is 5.54. The van der Waals surface area contributed by atoms with Gasteiger partial charge >= 0.3 is 0 Å². The zero-order valence-electron chi connectivity index (χ0n) is 30.4. The van der Waals surface area contributed by atoms with Crippen LogP contribution in [-0.2, 0) is 14.4 Å². The Morgan fingerprint density at radius 3 is 2.50 bits per heavy atom. The number of nitrogens with zero attached hydrogens (tertiary/aromatic N) is 2. The van der Waals surface area contributed by atoms with Crippen molar-refractivity contribution in [3.8, 4) is 11.5 Å². The SMILES string of the molecule is C=CCOc1ccc2c(c1)[C@H]1[C@H](CCCCO)[C@@H](CCCCO)C=C3C(=NOCC)C[C@H](N(C)C(=O)CCC4CCCC4)[C@@](OCC=C)(O2)[C@H]31. The summed E-state index contributed by atoms with van der Waals surface area (Å²) in [7, 11) is 1.90. The summed E-state index contributed by atoms with van der Waals surface area (Å²) in [5.74, 6) is 0.938. The van der Waals surface area contributed by atoms with Gasteiger partial charge in [-0.2, -0.15) is 0 Å². The van der Waals surface area contributed by atoms with E-state index < -0.39 is 11.8 Å². The molecule has 4 aliphatic rings. The van der Waals surface area contributed by atoms with Gasteiger partial charge in [0.1, 0.15) is 30.8 Å². The molecule has 2 N–H and O–H groups in total. The number of fused-ring (bicyclic) bond motifs is 2. The summed E-state index contributed by atoms with van der Waals surface area (Å²) in [5, 5.41) is 24.3. The van der Waals surface area contributed by atoms with Crippen LogP contribution in [-0.4, -0.2) is 78.6 Å². The normalized spacial score (nSPS) is 27.9. The fourth-order valence-corrected chi connectivity index (χ4v) is 9.09. The molecule has 0 spiro atoms. The van der Waals surface area contributed by atoms with Crippen LogP contribution in [0, 0.1) is 23.7 Å². The van der Waals surface area contributed by atoms with Crippen LogP contribution in [0.1, 0.15) is 102 Å². The van der Waals surface area contributed by atoms with Gasteiger partial charge in [-0.1, -0.05) is 68.5 Å². The van der Waals surface area contributed by atoms with E-state index in [2.05, 4.69) is 25.3 Å². The Labute approximate surface area is 299 Å². The zero-order valence-corrected chi connectivity index (χ0v) is 30.4. The van der Waals surface area contributed by atoms with Crippen LogP contribution in [0.5, 0.6) is 11.5 Å². The van der Waals surface area contributed by atoms with Gasteiger partial charge in [-0.3, -0.25) is 4.79 Å². The third-order valence-corrected chi connectivity index (χ3v) is 11.4. The van der Waals surface area contributed by atoms with Crippen LogP contribution in [0.2, 0.25) is 0 Å². The van der Waals surface area contributed by atoms with E-state index in [0.717, 1.165) is 73.3 Å². The van der Waals surface area contributed by atoms with Crippen LogP contribution in [0.15, 0.2) is 60.3 Å². The molecule has 2 saturated carbocycles. The molecule has 3 aliphatic carbocycles. The number of ether oxygens (including phenoxy) is 3. The lowest BCUT2D eigenvalue weighted by Gasteiger charge is -2.59. The number of carbonyl (C=O) groups is 1. The van der Waals surface area contributed by atoms with Gasteiger partial charge in [0.05, 0.1) is 18.2 Å². The van der Waals surface area contributed by atoms with E-state index in [9.17, 15) is 15.0 Å². The van der Waals surface area contributed by atoms with Crippen molar-refractivity contribution in [1.29, 1.82) is 0 Å². The highest BCUT2D eigenvalue weighted by atomic mass is 16.7. The van der Waals surface area contributed by atoms with E-state index in [1.54, 1.807) is 12.2 Å². The Hall–Kier alpha value is -3.14. The molecule has 1 aromatic carbocycles. The summed E-state index contributed by atoms with van der Waals surface area (Å²) >= 11 is 0. The first-order valence-electron chi connectivity index (χ1n) is 19.1. The smallest absolute Gasteiger partial charge is 0.239 e. The molecule has 0 aromatic heterocycles. The molecule has 1 aromatic rings. The Kier molecular flexibility index (Phi) is 14.0. The highest BCUT2D eigenvalue weighted by molar-refractivity contribution is 6.03. The van der Waals surface area contributed by atoms with Gasteiger partial charge < -0.3 is 34.2 Å². The number of likely N-dealkylation sites (N-methyl/N-ethyl adjacent to an activating group) is 1. The summed E-state index contributed by atoms with van der Waals surface area (Å²) < 4.78 is 20.2. The molecule has 9 heteroatoms. The monoisotopic (exact) mass is 692 g/mol. The maximum atomic E-state index is 14.1. The number of hydrogen-bond acceptors (Lipinski definition) is 8. The van der Waals surface area contributed by atoms with E-state index in [0.29, 0.717) is 32.0 Å². The number of hydrogen-bond donors (Lipinski definition) is 2. The number of benzene rings is 1. The third-order valence-electron chi connectivity index (χ3n) is 11.4. The third kappa shape index (κ3) is 8.32. The lowest BCUT2D eigenvalue weighted by Crippen LogP contribution is -2.69. The fourth-order valence-electron chi connectivity index (χ4n) is 9.09. The number of aliphatic hydroxyl groups is 2. The number of amides is 1. The van der Waals surface area contributed by atoms with Crippen LogP contribution in [0.25, 0.3) is 0 Å². The molecule has 0 radical (unpaired) electrons. The minimum atomic E-state index is -1.21. The minimum absolute atomic E-state index is 0.0646. The van der Waals surface area contributed by atoms with Crippen molar-refractivity contribution in [1.82, 2.24) is 4.90 Å². The van der Waals surface area contributed by atoms with Crippen LogP contribution < -0.4 is 9.47 Å². The Morgan fingerprint density at radius 1 is 1.06 bits per heavy atom.